The first-order valence-electron chi connectivity index (χ1n) is 6.16. The minimum absolute atomic E-state index is 0.351. The smallest absolute Gasteiger partial charge is 0.231 e. The highest BCUT2D eigenvalue weighted by Gasteiger charge is 2.21. The van der Waals surface area contributed by atoms with Crippen molar-refractivity contribution >= 4 is 0 Å². The van der Waals surface area contributed by atoms with Crippen molar-refractivity contribution in [1.82, 2.24) is 10.2 Å². The monoisotopic (exact) mass is 234 g/mol. The highest BCUT2D eigenvalue weighted by Crippen LogP contribution is 2.35. The summed E-state index contributed by atoms with van der Waals surface area (Å²) in [4.78, 5) is 2.46. The summed E-state index contributed by atoms with van der Waals surface area (Å²) in [7, 11) is 0. The molecule has 0 amide bonds. The van der Waals surface area contributed by atoms with Crippen LogP contribution in [0.1, 0.15) is 12.5 Å². The van der Waals surface area contributed by atoms with Crippen molar-refractivity contribution in [1.29, 1.82) is 0 Å². The molecule has 0 saturated carbocycles. The molecule has 1 saturated heterocycles. The van der Waals surface area contributed by atoms with Gasteiger partial charge in [-0.25, -0.2) is 0 Å². The average molecular weight is 234 g/mol. The molecular weight excluding hydrogens is 216 g/mol. The van der Waals surface area contributed by atoms with Crippen molar-refractivity contribution < 1.29 is 9.47 Å². The van der Waals surface area contributed by atoms with E-state index in [0.717, 1.165) is 37.7 Å². The first-order chi connectivity index (χ1) is 8.33. The Morgan fingerprint density at radius 1 is 1.41 bits per heavy atom. The van der Waals surface area contributed by atoms with Gasteiger partial charge in [-0.1, -0.05) is 12.1 Å². The zero-order valence-corrected chi connectivity index (χ0v) is 10.1. The van der Waals surface area contributed by atoms with Gasteiger partial charge in [0.1, 0.15) is 0 Å². The third kappa shape index (κ3) is 2.23. The summed E-state index contributed by atoms with van der Waals surface area (Å²) >= 11 is 0. The summed E-state index contributed by atoms with van der Waals surface area (Å²) in [6.07, 6.45) is 0. The Labute approximate surface area is 102 Å². The fourth-order valence-corrected chi connectivity index (χ4v) is 2.51. The largest absolute Gasteiger partial charge is 0.454 e. The van der Waals surface area contributed by atoms with Gasteiger partial charge in [-0.05, 0) is 13.0 Å². The van der Waals surface area contributed by atoms with Gasteiger partial charge in [0.05, 0.1) is 0 Å². The summed E-state index contributed by atoms with van der Waals surface area (Å²) in [5.74, 6) is 1.81. The fourth-order valence-electron chi connectivity index (χ4n) is 2.51. The van der Waals surface area contributed by atoms with Gasteiger partial charge in [-0.2, -0.15) is 0 Å². The van der Waals surface area contributed by atoms with Crippen LogP contribution in [0.4, 0.5) is 0 Å². The quantitative estimate of drug-likeness (QED) is 0.834. The zero-order chi connectivity index (χ0) is 11.7. The molecule has 1 aromatic carbocycles. The number of para-hydroxylation sites is 1. The summed E-state index contributed by atoms with van der Waals surface area (Å²) in [5, 5.41) is 3.45. The lowest BCUT2D eigenvalue weighted by atomic mass is 10.1. The fraction of sp³-hybridized carbons (Fsp3) is 0.538. The molecule has 1 fully saturated rings. The van der Waals surface area contributed by atoms with Gasteiger partial charge in [0.25, 0.3) is 0 Å². The molecule has 0 aromatic heterocycles. The number of hydrogen-bond acceptors (Lipinski definition) is 4. The van der Waals surface area contributed by atoms with E-state index in [1.165, 1.54) is 5.56 Å². The van der Waals surface area contributed by atoms with Crippen molar-refractivity contribution in [2.45, 2.75) is 19.5 Å². The predicted molar refractivity (Wildman–Crippen MR) is 65.3 cm³/mol. The number of nitrogens with zero attached hydrogens (tertiary/aromatic N) is 1. The number of piperazine rings is 1. The molecule has 0 radical (unpaired) electrons. The van der Waals surface area contributed by atoms with Gasteiger partial charge in [0.15, 0.2) is 11.5 Å². The number of nitrogens with one attached hydrogen (secondary N) is 1. The van der Waals surface area contributed by atoms with Gasteiger partial charge < -0.3 is 14.8 Å². The molecular formula is C13H18N2O2. The molecule has 0 aliphatic carbocycles. The first-order valence-corrected chi connectivity index (χ1v) is 6.16. The van der Waals surface area contributed by atoms with Crippen LogP contribution in [-0.4, -0.2) is 37.4 Å². The Hall–Kier alpha value is -1.26. The minimum Gasteiger partial charge on any atom is -0.454 e. The lowest BCUT2D eigenvalue weighted by Crippen LogP contribution is -2.48. The van der Waals surface area contributed by atoms with Crippen LogP contribution in [0, 0.1) is 0 Å². The number of hydrogen-bond donors (Lipinski definition) is 1. The molecule has 4 nitrogen and oxygen atoms in total. The van der Waals surface area contributed by atoms with Crippen LogP contribution in [0.2, 0.25) is 0 Å². The van der Waals surface area contributed by atoms with Crippen molar-refractivity contribution in [2.75, 3.05) is 26.4 Å². The van der Waals surface area contributed by atoms with Crippen LogP contribution in [0.15, 0.2) is 18.2 Å². The average Bonchev–Trinajstić information content (AvgIpc) is 2.78. The Balaban J connectivity index is 1.74. The van der Waals surface area contributed by atoms with Gasteiger partial charge in [-0.3, -0.25) is 4.90 Å². The summed E-state index contributed by atoms with van der Waals surface area (Å²) < 4.78 is 10.9. The number of ether oxygens (including phenoxy) is 2. The van der Waals surface area contributed by atoms with Crippen molar-refractivity contribution in [3.05, 3.63) is 23.8 Å². The maximum absolute atomic E-state index is 5.53. The molecule has 0 spiro atoms. The molecule has 1 N–H and O–H groups in total. The van der Waals surface area contributed by atoms with E-state index < -0.39 is 0 Å². The summed E-state index contributed by atoms with van der Waals surface area (Å²) in [5.41, 5.74) is 1.23. The van der Waals surface area contributed by atoms with Crippen LogP contribution in [0.5, 0.6) is 11.5 Å². The van der Waals surface area contributed by atoms with E-state index in [1.54, 1.807) is 0 Å². The van der Waals surface area contributed by atoms with E-state index in [2.05, 4.69) is 23.2 Å². The van der Waals surface area contributed by atoms with Crippen LogP contribution in [0.3, 0.4) is 0 Å². The van der Waals surface area contributed by atoms with Crippen molar-refractivity contribution in [3.63, 3.8) is 0 Å². The number of fused-ring (bicyclic) bond motifs is 1. The Morgan fingerprint density at radius 2 is 2.35 bits per heavy atom. The zero-order valence-electron chi connectivity index (χ0n) is 10.1. The Bertz CT molecular complexity index is 408. The van der Waals surface area contributed by atoms with E-state index in [1.807, 2.05) is 12.1 Å². The van der Waals surface area contributed by atoms with Crippen LogP contribution >= 0.6 is 0 Å². The molecule has 0 unspecified atom stereocenters. The van der Waals surface area contributed by atoms with Gasteiger partial charge in [-0.15, -0.1) is 0 Å². The van der Waals surface area contributed by atoms with E-state index in [4.69, 9.17) is 9.47 Å². The van der Waals surface area contributed by atoms with E-state index in [-0.39, 0.29) is 0 Å². The third-order valence-corrected chi connectivity index (χ3v) is 3.32. The lowest BCUT2D eigenvalue weighted by molar-refractivity contribution is 0.169. The van der Waals surface area contributed by atoms with Crippen molar-refractivity contribution in [3.8, 4) is 11.5 Å². The molecule has 92 valence electrons. The van der Waals surface area contributed by atoms with Gasteiger partial charge in [0, 0.05) is 37.8 Å². The Kier molecular flexibility index (Phi) is 2.91. The van der Waals surface area contributed by atoms with E-state index in [0.29, 0.717) is 12.8 Å². The number of rotatable bonds is 2. The van der Waals surface area contributed by atoms with Crippen LogP contribution in [-0.2, 0) is 6.54 Å². The van der Waals surface area contributed by atoms with Gasteiger partial charge in [0.2, 0.25) is 6.79 Å². The SMILES string of the molecule is C[C@@H]1CN(Cc2cccc3c2OCO3)CCN1. The topological polar surface area (TPSA) is 33.7 Å². The second-order valence-corrected chi connectivity index (χ2v) is 4.74. The molecule has 2 heterocycles. The van der Waals surface area contributed by atoms with Crippen molar-refractivity contribution in [2.24, 2.45) is 0 Å². The second-order valence-electron chi connectivity index (χ2n) is 4.74. The summed E-state index contributed by atoms with van der Waals surface area (Å²) in [6, 6.07) is 6.69. The molecule has 2 aliphatic rings. The normalized spacial score (nSPS) is 23.9. The first kappa shape index (κ1) is 10.9. The Morgan fingerprint density at radius 3 is 3.24 bits per heavy atom. The van der Waals surface area contributed by atoms with Crippen LogP contribution < -0.4 is 14.8 Å². The summed E-state index contributed by atoms with van der Waals surface area (Å²) in [6.45, 7) is 6.76. The van der Waals surface area contributed by atoms with E-state index in [9.17, 15) is 0 Å². The minimum atomic E-state index is 0.351. The molecule has 2 aliphatic heterocycles. The van der Waals surface area contributed by atoms with Gasteiger partial charge >= 0.3 is 0 Å². The standard InChI is InChI=1S/C13H18N2O2/c1-10-7-15(6-5-14-10)8-11-3-2-4-12-13(11)17-9-16-12/h2-4,10,14H,5-9H2,1H3/t10-/m1/s1. The second kappa shape index (κ2) is 4.55. The third-order valence-electron chi connectivity index (χ3n) is 3.32. The maximum Gasteiger partial charge on any atom is 0.231 e. The van der Waals surface area contributed by atoms with Crippen LogP contribution in [0.25, 0.3) is 0 Å². The molecule has 3 rings (SSSR count). The highest BCUT2D eigenvalue weighted by molar-refractivity contribution is 5.48. The molecule has 1 atom stereocenters. The lowest BCUT2D eigenvalue weighted by Gasteiger charge is -2.31. The predicted octanol–water partition coefficient (Wildman–Crippen LogP) is 1.21. The number of benzene rings is 1. The van der Waals surface area contributed by atoms with E-state index >= 15 is 0 Å². The molecule has 1 aromatic rings. The maximum atomic E-state index is 5.53. The highest BCUT2D eigenvalue weighted by atomic mass is 16.7. The molecule has 0 bridgehead atoms. The molecule has 4 heteroatoms. The molecule has 17 heavy (non-hydrogen) atoms.